The third-order valence-electron chi connectivity index (χ3n) is 3.33. The number of rotatable bonds is 5. The molecule has 114 valence electrons. The maximum Gasteiger partial charge on any atom is 0.308 e. The number of esters is 1. The van der Waals surface area contributed by atoms with E-state index in [0.717, 1.165) is 16.9 Å². The number of para-hydroxylation sites is 2. The zero-order valence-corrected chi connectivity index (χ0v) is 12.6. The minimum absolute atomic E-state index is 0.0463. The number of carbonyl (C=O) groups is 1. The summed E-state index contributed by atoms with van der Waals surface area (Å²) in [7, 11) is 0. The number of hydrogen-bond acceptors (Lipinski definition) is 5. The molecule has 0 saturated carbocycles. The third kappa shape index (κ3) is 3.16. The molecular formula is C16H17N3O3. The first kappa shape index (κ1) is 14.3. The van der Waals surface area contributed by atoms with Crippen LogP contribution in [0.2, 0.25) is 0 Å². The van der Waals surface area contributed by atoms with Crippen LogP contribution in [-0.4, -0.2) is 20.7 Å². The number of carbonyl (C=O) groups excluding carboxylic acids is 1. The molecule has 0 fully saturated rings. The van der Waals surface area contributed by atoms with Crippen molar-refractivity contribution in [2.75, 3.05) is 0 Å². The Morgan fingerprint density at radius 3 is 2.86 bits per heavy atom. The number of aromatic nitrogens is 3. The van der Waals surface area contributed by atoms with Gasteiger partial charge in [-0.3, -0.25) is 9.48 Å². The van der Waals surface area contributed by atoms with Gasteiger partial charge < -0.3 is 9.15 Å². The lowest BCUT2D eigenvalue weighted by Gasteiger charge is -2.04. The van der Waals surface area contributed by atoms with Gasteiger partial charge in [-0.1, -0.05) is 12.1 Å². The van der Waals surface area contributed by atoms with Gasteiger partial charge in [0.2, 0.25) is 5.89 Å². The van der Waals surface area contributed by atoms with Crippen molar-refractivity contribution in [2.24, 2.45) is 0 Å². The van der Waals surface area contributed by atoms with Crippen molar-refractivity contribution in [2.45, 2.75) is 33.4 Å². The molecule has 2 heterocycles. The van der Waals surface area contributed by atoms with Crippen LogP contribution in [0.5, 0.6) is 0 Å². The molecule has 22 heavy (non-hydrogen) atoms. The van der Waals surface area contributed by atoms with E-state index in [1.54, 1.807) is 4.68 Å². The highest BCUT2D eigenvalue weighted by Gasteiger charge is 2.10. The lowest BCUT2D eigenvalue weighted by molar-refractivity contribution is -0.145. The molecular weight excluding hydrogens is 282 g/mol. The Kier molecular flexibility index (Phi) is 3.91. The number of nitrogens with zero attached hydrogens (tertiary/aromatic N) is 3. The SMILES string of the molecule is Cc1cc(C)n(CCC(=O)OCc2nc3ccccc3o2)n1. The molecule has 1 aromatic carbocycles. The van der Waals surface area contributed by atoms with E-state index in [0.29, 0.717) is 18.0 Å². The Hall–Kier alpha value is -2.63. The second-order valence-electron chi connectivity index (χ2n) is 5.14. The summed E-state index contributed by atoms with van der Waals surface area (Å²) in [6, 6.07) is 9.42. The van der Waals surface area contributed by atoms with Crippen molar-refractivity contribution in [1.82, 2.24) is 14.8 Å². The van der Waals surface area contributed by atoms with Gasteiger partial charge in [0.25, 0.3) is 0 Å². The summed E-state index contributed by atoms with van der Waals surface area (Å²) in [5, 5.41) is 4.31. The maximum atomic E-state index is 11.8. The highest BCUT2D eigenvalue weighted by molar-refractivity contribution is 5.72. The molecule has 0 bridgehead atoms. The summed E-state index contributed by atoms with van der Waals surface area (Å²) >= 11 is 0. The molecule has 0 aliphatic rings. The summed E-state index contributed by atoms with van der Waals surface area (Å²) in [4.78, 5) is 16.0. The van der Waals surface area contributed by atoms with Crippen LogP contribution < -0.4 is 0 Å². The molecule has 0 saturated heterocycles. The number of oxazole rings is 1. The van der Waals surface area contributed by atoms with Crippen LogP contribution in [0.1, 0.15) is 23.7 Å². The zero-order valence-electron chi connectivity index (χ0n) is 12.6. The molecule has 3 aromatic rings. The van der Waals surface area contributed by atoms with Crippen molar-refractivity contribution < 1.29 is 13.9 Å². The zero-order chi connectivity index (χ0) is 15.5. The summed E-state index contributed by atoms with van der Waals surface area (Å²) in [5.74, 6) is 0.107. The van der Waals surface area contributed by atoms with E-state index in [4.69, 9.17) is 9.15 Å². The van der Waals surface area contributed by atoms with Crippen LogP contribution in [0.15, 0.2) is 34.7 Å². The van der Waals surface area contributed by atoms with Crippen LogP contribution in [0.25, 0.3) is 11.1 Å². The van der Waals surface area contributed by atoms with Gasteiger partial charge in [-0.25, -0.2) is 4.98 Å². The Morgan fingerprint density at radius 1 is 1.32 bits per heavy atom. The largest absolute Gasteiger partial charge is 0.456 e. The topological polar surface area (TPSA) is 70.2 Å². The Labute approximate surface area is 127 Å². The van der Waals surface area contributed by atoms with E-state index >= 15 is 0 Å². The summed E-state index contributed by atoms with van der Waals surface area (Å²) < 4.78 is 12.5. The fraction of sp³-hybridized carbons (Fsp3) is 0.312. The van der Waals surface area contributed by atoms with Gasteiger partial charge in [0.15, 0.2) is 12.2 Å². The molecule has 6 nitrogen and oxygen atoms in total. The van der Waals surface area contributed by atoms with E-state index in [2.05, 4.69) is 10.1 Å². The van der Waals surface area contributed by atoms with Crippen molar-refractivity contribution in [3.63, 3.8) is 0 Å². The van der Waals surface area contributed by atoms with Gasteiger partial charge in [0, 0.05) is 5.69 Å². The molecule has 6 heteroatoms. The second-order valence-corrected chi connectivity index (χ2v) is 5.14. The molecule has 0 spiro atoms. The monoisotopic (exact) mass is 299 g/mol. The standard InChI is InChI=1S/C16H17N3O3/c1-11-9-12(2)19(18-11)8-7-16(20)21-10-15-17-13-5-3-4-6-14(13)22-15/h3-6,9H,7-8,10H2,1-2H3. The van der Waals surface area contributed by atoms with Crippen molar-refractivity contribution in [3.8, 4) is 0 Å². The Morgan fingerprint density at radius 2 is 2.14 bits per heavy atom. The summed E-state index contributed by atoms with van der Waals surface area (Å²) in [6.07, 6.45) is 0.266. The fourth-order valence-corrected chi connectivity index (χ4v) is 2.29. The average molecular weight is 299 g/mol. The molecule has 0 N–H and O–H groups in total. The predicted molar refractivity (Wildman–Crippen MR) is 80.1 cm³/mol. The van der Waals surface area contributed by atoms with Crippen LogP contribution in [0.4, 0.5) is 0 Å². The van der Waals surface area contributed by atoms with Crippen LogP contribution in [0, 0.1) is 13.8 Å². The minimum Gasteiger partial charge on any atom is -0.456 e. The van der Waals surface area contributed by atoms with E-state index < -0.39 is 0 Å². The lowest BCUT2D eigenvalue weighted by atomic mass is 10.3. The predicted octanol–water partition coefficient (Wildman–Crippen LogP) is 2.77. The Bertz CT molecular complexity index is 771. The summed E-state index contributed by atoms with van der Waals surface area (Å²) in [6.45, 7) is 4.44. The Balaban J connectivity index is 1.52. The number of ether oxygens (including phenoxy) is 1. The first-order valence-electron chi connectivity index (χ1n) is 7.13. The van der Waals surface area contributed by atoms with Gasteiger partial charge in [-0.2, -0.15) is 5.10 Å². The normalized spacial score (nSPS) is 11.0. The number of benzene rings is 1. The van der Waals surface area contributed by atoms with Crippen LogP contribution in [-0.2, 0) is 22.7 Å². The van der Waals surface area contributed by atoms with Crippen molar-refractivity contribution >= 4 is 17.1 Å². The first-order chi connectivity index (χ1) is 10.6. The number of hydrogen-bond donors (Lipinski definition) is 0. The van der Waals surface area contributed by atoms with Crippen LogP contribution in [0.3, 0.4) is 0 Å². The van der Waals surface area contributed by atoms with Crippen molar-refractivity contribution in [3.05, 3.63) is 47.6 Å². The van der Waals surface area contributed by atoms with Crippen molar-refractivity contribution in [1.29, 1.82) is 0 Å². The quantitative estimate of drug-likeness (QED) is 0.677. The van der Waals surface area contributed by atoms with E-state index in [9.17, 15) is 4.79 Å². The van der Waals surface area contributed by atoms with E-state index in [1.807, 2.05) is 44.2 Å². The van der Waals surface area contributed by atoms with Gasteiger partial charge in [0.1, 0.15) is 5.52 Å². The smallest absolute Gasteiger partial charge is 0.308 e. The highest BCUT2D eigenvalue weighted by atomic mass is 16.5. The molecule has 0 radical (unpaired) electrons. The average Bonchev–Trinajstić information content (AvgIpc) is 3.05. The molecule has 3 rings (SSSR count). The third-order valence-corrected chi connectivity index (χ3v) is 3.33. The second kappa shape index (κ2) is 6.01. The van der Waals surface area contributed by atoms with E-state index in [1.165, 1.54) is 0 Å². The lowest BCUT2D eigenvalue weighted by Crippen LogP contribution is -2.11. The van der Waals surface area contributed by atoms with Gasteiger partial charge >= 0.3 is 5.97 Å². The molecule has 0 aliphatic heterocycles. The van der Waals surface area contributed by atoms with Gasteiger partial charge in [-0.05, 0) is 32.0 Å². The van der Waals surface area contributed by atoms with Gasteiger partial charge in [-0.15, -0.1) is 0 Å². The minimum atomic E-state index is -0.296. The maximum absolute atomic E-state index is 11.8. The van der Waals surface area contributed by atoms with E-state index in [-0.39, 0.29) is 19.0 Å². The summed E-state index contributed by atoms with van der Waals surface area (Å²) in [5.41, 5.74) is 3.42. The molecule has 0 amide bonds. The molecule has 0 aliphatic carbocycles. The molecule has 2 aromatic heterocycles. The number of aryl methyl sites for hydroxylation is 3. The fourth-order valence-electron chi connectivity index (χ4n) is 2.29. The number of fused-ring (bicyclic) bond motifs is 1. The molecule has 0 unspecified atom stereocenters. The van der Waals surface area contributed by atoms with Gasteiger partial charge in [0.05, 0.1) is 18.7 Å². The highest BCUT2D eigenvalue weighted by Crippen LogP contribution is 2.15. The van der Waals surface area contributed by atoms with Crippen LogP contribution >= 0.6 is 0 Å². The molecule has 0 atom stereocenters. The first-order valence-corrected chi connectivity index (χ1v) is 7.13.